The number of nitrogens with one attached hydrogen (secondary N) is 3. The van der Waals surface area contributed by atoms with Crippen LogP contribution in [0.4, 0.5) is 24.0 Å². The summed E-state index contributed by atoms with van der Waals surface area (Å²) in [4.78, 5) is 37.2. The largest absolute Gasteiger partial charge is 0.437 e. The predicted molar refractivity (Wildman–Crippen MR) is 141 cm³/mol. The standard InChI is InChI=1S/C26H23F3N6O3S/c1-14(36)33-24-35-22-19(5-3-6-20(22)39-24)38-21-12-17(30-13-31-21)16-8-7-15(26(27,28)29)11-18(16)34-23(37)25(2)9-4-10-32-25/h3,5-8,11-13,32H,4,9-10H2,1-2H3,(H,34,37)(H,33,35,36)/t25-/m0/s1. The topological polar surface area (TPSA) is 118 Å². The van der Waals surface area contributed by atoms with Gasteiger partial charge in [-0.25, -0.2) is 15.0 Å². The van der Waals surface area contributed by atoms with E-state index in [4.69, 9.17) is 4.74 Å². The molecule has 1 saturated heterocycles. The molecule has 13 heteroatoms. The summed E-state index contributed by atoms with van der Waals surface area (Å²) in [7, 11) is 0. The molecule has 0 spiro atoms. The molecule has 2 aromatic carbocycles. The average Bonchev–Trinajstić information content (AvgIpc) is 3.50. The van der Waals surface area contributed by atoms with Gasteiger partial charge in [-0.1, -0.05) is 23.5 Å². The molecule has 1 aliphatic heterocycles. The van der Waals surface area contributed by atoms with Crippen molar-refractivity contribution in [1.29, 1.82) is 0 Å². The van der Waals surface area contributed by atoms with Gasteiger partial charge in [-0.15, -0.1) is 0 Å². The second-order valence-corrected chi connectivity index (χ2v) is 10.3. The summed E-state index contributed by atoms with van der Waals surface area (Å²) in [6.45, 7) is 3.74. The van der Waals surface area contributed by atoms with Gasteiger partial charge in [0.1, 0.15) is 11.8 Å². The van der Waals surface area contributed by atoms with E-state index in [1.165, 1.54) is 36.7 Å². The number of hydrogen-bond donors (Lipinski definition) is 3. The molecular formula is C26H23F3N6O3S. The molecule has 0 bridgehead atoms. The Kier molecular flexibility index (Phi) is 6.95. The fourth-order valence-corrected chi connectivity index (χ4v) is 5.19. The van der Waals surface area contributed by atoms with Gasteiger partial charge in [0.2, 0.25) is 17.7 Å². The maximum Gasteiger partial charge on any atom is 0.416 e. The quantitative estimate of drug-likeness (QED) is 0.283. The first kappa shape index (κ1) is 26.5. The molecular weight excluding hydrogens is 533 g/mol. The summed E-state index contributed by atoms with van der Waals surface area (Å²) in [5.41, 5.74) is -0.805. The van der Waals surface area contributed by atoms with Crippen LogP contribution in [-0.4, -0.2) is 38.8 Å². The number of aromatic nitrogens is 3. The molecule has 0 saturated carbocycles. The van der Waals surface area contributed by atoms with Gasteiger partial charge in [-0.3, -0.25) is 9.59 Å². The van der Waals surface area contributed by atoms with Gasteiger partial charge in [0.25, 0.3) is 0 Å². The van der Waals surface area contributed by atoms with Crippen molar-refractivity contribution < 1.29 is 27.5 Å². The highest BCUT2D eigenvalue weighted by atomic mass is 32.1. The summed E-state index contributed by atoms with van der Waals surface area (Å²) in [5, 5.41) is 8.84. The SMILES string of the molecule is CC(=O)Nc1nc2c(Oc3cc(-c4ccc(C(F)(F)F)cc4NC(=O)[C@]4(C)CCCN4)ncn3)cccc2s1. The van der Waals surface area contributed by atoms with E-state index in [1.54, 1.807) is 19.1 Å². The molecule has 202 valence electrons. The van der Waals surface area contributed by atoms with E-state index < -0.39 is 23.2 Å². The van der Waals surface area contributed by atoms with Gasteiger partial charge in [-0.05, 0) is 50.6 Å². The zero-order valence-corrected chi connectivity index (χ0v) is 21.7. The molecule has 5 rings (SSSR count). The van der Waals surface area contributed by atoms with Crippen LogP contribution in [0.1, 0.15) is 32.3 Å². The molecule has 39 heavy (non-hydrogen) atoms. The number of carbonyl (C=O) groups is 2. The Morgan fingerprint density at radius 3 is 2.67 bits per heavy atom. The van der Waals surface area contributed by atoms with E-state index in [0.29, 0.717) is 29.4 Å². The number of alkyl halides is 3. The number of anilines is 2. The monoisotopic (exact) mass is 556 g/mol. The van der Waals surface area contributed by atoms with Crippen LogP contribution in [0.3, 0.4) is 0 Å². The highest BCUT2D eigenvalue weighted by molar-refractivity contribution is 7.22. The van der Waals surface area contributed by atoms with E-state index >= 15 is 0 Å². The first-order valence-corrected chi connectivity index (χ1v) is 12.8. The minimum Gasteiger partial charge on any atom is -0.437 e. The number of halogens is 3. The lowest BCUT2D eigenvalue weighted by molar-refractivity contribution is -0.137. The summed E-state index contributed by atoms with van der Waals surface area (Å²) < 4.78 is 47.3. The zero-order valence-electron chi connectivity index (χ0n) is 20.8. The highest BCUT2D eigenvalue weighted by Gasteiger charge is 2.37. The first-order chi connectivity index (χ1) is 18.5. The molecule has 1 fully saturated rings. The van der Waals surface area contributed by atoms with Crippen molar-refractivity contribution in [3.05, 3.63) is 54.4 Å². The van der Waals surface area contributed by atoms with Gasteiger partial charge in [0.05, 0.1) is 27.2 Å². The third kappa shape index (κ3) is 5.68. The van der Waals surface area contributed by atoms with E-state index in [0.717, 1.165) is 23.3 Å². The molecule has 0 aliphatic carbocycles. The van der Waals surface area contributed by atoms with Crippen molar-refractivity contribution in [2.45, 2.75) is 38.4 Å². The van der Waals surface area contributed by atoms with Crippen LogP contribution >= 0.6 is 11.3 Å². The minimum atomic E-state index is -4.60. The summed E-state index contributed by atoms with van der Waals surface area (Å²) >= 11 is 1.28. The number of thiazole rings is 1. The highest BCUT2D eigenvalue weighted by Crippen LogP contribution is 2.38. The van der Waals surface area contributed by atoms with E-state index in [1.807, 2.05) is 6.07 Å². The number of hydrogen-bond acceptors (Lipinski definition) is 8. The van der Waals surface area contributed by atoms with Crippen molar-refractivity contribution in [2.75, 3.05) is 17.2 Å². The molecule has 2 amide bonds. The molecule has 3 N–H and O–H groups in total. The van der Waals surface area contributed by atoms with Gasteiger partial charge >= 0.3 is 6.18 Å². The van der Waals surface area contributed by atoms with Gasteiger partial charge < -0.3 is 20.7 Å². The zero-order chi connectivity index (χ0) is 27.8. The Morgan fingerprint density at radius 1 is 1.13 bits per heavy atom. The van der Waals surface area contributed by atoms with E-state index in [-0.39, 0.29) is 28.7 Å². The van der Waals surface area contributed by atoms with Gasteiger partial charge in [0, 0.05) is 18.6 Å². The smallest absolute Gasteiger partial charge is 0.416 e. The number of amides is 2. The van der Waals surface area contributed by atoms with Crippen LogP contribution in [0, 0.1) is 0 Å². The first-order valence-electron chi connectivity index (χ1n) is 12.0. The fourth-order valence-electron chi connectivity index (χ4n) is 4.26. The lowest BCUT2D eigenvalue weighted by Gasteiger charge is -2.24. The van der Waals surface area contributed by atoms with Crippen LogP contribution in [0.2, 0.25) is 0 Å². The van der Waals surface area contributed by atoms with Crippen molar-refractivity contribution in [3.63, 3.8) is 0 Å². The molecule has 3 heterocycles. The Morgan fingerprint density at radius 2 is 1.95 bits per heavy atom. The number of rotatable bonds is 6. The van der Waals surface area contributed by atoms with Crippen LogP contribution in [-0.2, 0) is 15.8 Å². The second kappa shape index (κ2) is 10.2. The third-order valence-electron chi connectivity index (χ3n) is 6.26. The Labute approximate surface area is 224 Å². The number of ether oxygens (including phenoxy) is 1. The summed E-state index contributed by atoms with van der Waals surface area (Å²) in [6, 6.07) is 9.82. The molecule has 1 aliphatic rings. The number of carbonyl (C=O) groups excluding carboxylic acids is 2. The van der Waals surface area contributed by atoms with Crippen molar-refractivity contribution in [3.8, 4) is 22.9 Å². The molecule has 0 radical (unpaired) electrons. The van der Waals surface area contributed by atoms with E-state index in [2.05, 4.69) is 30.9 Å². The molecule has 4 aromatic rings. The Hall–Kier alpha value is -4.10. The number of nitrogens with zero attached hydrogens (tertiary/aromatic N) is 3. The third-order valence-corrected chi connectivity index (χ3v) is 7.20. The van der Waals surface area contributed by atoms with Crippen LogP contribution < -0.4 is 20.7 Å². The maximum atomic E-state index is 13.5. The number of benzene rings is 2. The van der Waals surface area contributed by atoms with Crippen molar-refractivity contribution in [1.82, 2.24) is 20.3 Å². The fraction of sp³-hybridized carbons (Fsp3) is 0.269. The molecule has 1 atom stereocenters. The maximum absolute atomic E-state index is 13.5. The predicted octanol–water partition coefficient (Wildman–Crippen LogP) is 5.60. The lowest BCUT2D eigenvalue weighted by Crippen LogP contribution is -2.48. The van der Waals surface area contributed by atoms with Crippen molar-refractivity contribution >= 4 is 44.2 Å². The lowest BCUT2D eigenvalue weighted by atomic mass is 9.98. The second-order valence-electron chi connectivity index (χ2n) is 9.22. The normalized spacial score (nSPS) is 17.3. The summed E-state index contributed by atoms with van der Waals surface area (Å²) in [6.07, 6.45) is -2.04. The van der Waals surface area contributed by atoms with E-state index in [9.17, 15) is 22.8 Å². The number of para-hydroxylation sites is 1. The average molecular weight is 557 g/mol. The van der Waals surface area contributed by atoms with Crippen LogP contribution in [0.5, 0.6) is 11.6 Å². The van der Waals surface area contributed by atoms with Crippen LogP contribution in [0.15, 0.2) is 48.8 Å². The van der Waals surface area contributed by atoms with Crippen molar-refractivity contribution in [2.24, 2.45) is 0 Å². The molecule has 2 aromatic heterocycles. The Bertz CT molecular complexity index is 1570. The minimum absolute atomic E-state index is 0.0315. The summed E-state index contributed by atoms with van der Waals surface area (Å²) in [5.74, 6) is -0.209. The molecule has 0 unspecified atom stereocenters. The van der Waals surface area contributed by atoms with Crippen LogP contribution in [0.25, 0.3) is 21.5 Å². The Balaban J connectivity index is 1.49. The molecule has 9 nitrogen and oxygen atoms in total. The number of fused-ring (bicyclic) bond motifs is 1. The van der Waals surface area contributed by atoms with Gasteiger partial charge in [-0.2, -0.15) is 13.2 Å². The van der Waals surface area contributed by atoms with Gasteiger partial charge in [0.15, 0.2) is 10.9 Å².